The molecule has 0 radical (unpaired) electrons. The maximum atomic E-state index is 11.6. The largest absolute Gasteiger partial charge is 0.344 e. The third-order valence-electron chi connectivity index (χ3n) is 2.47. The number of halogens is 1. The van der Waals surface area contributed by atoms with Gasteiger partial charge in [0.1, 0.15) is 10.2 Å². The Bertz CT molecular complexity index is 604. The first kappa shape index (κ1) is 10.9. The van der Waals surface area contributed by atoms with E-state index in [4.69, 9.17) is 11.6 Å². The van der Waals surface area contributed by atoms with Crippen LogP contribution in [0.1, 0.15) is 18.9 Å². The monoisotopic (exact) mass is 268 g/mol. The molecular formula is C10H9ClN4OS. The van der Waals surface area contributed by atoms with Crippen LogP contribution < -0.4 is 5.69 Å². The third-order valence-corrected chi connectivity index (χ3v) is 3.59. The summed E-state index contributed by atoms with van der Waals surface area (Å²) in [6, 6.07) is 5.67. The van der Waals surface area contributed by atoms with E-state index in [1.807, 2.05) is 12.1 Å². The Hall–Kier alpha value is -1.27. The van der Waals surface area contributed by atoms with Crippen LogP contribution in [0.3, 0.4) is 0 Å². The first-order valence-corrected chi connectivity index (χ1v) is 6.41. The second-order valence-corrected chi connectivity index (χ2v) is 5.19. The Morgan fingerprint density at radius 1 is 1.47 bits per heavy atom. The van der Waals surface area contributed by atoms with Gasteiger partial charge in [-0.2, -0.15) is 0 Å². The SMILES string of the molecule is O=c1[nH]nc(Sc2cccc(Cl)n2)n1C1CC1. The minimum absolute atomic E-state index is 0.156. The number of aromatic amines is 1. The summed E-state index contributed by atoms with van der Waals surface area (Å²) in [4.78, 5) is 15.7. The number of H-pyrrole nitrogens is 1. The maximum Gasteiger partial charge on any atom is 0.344 e. The van der Waals surface area contributed by atoms with Gasteiger partial charge in [0.2, 0.25) is 0 Å². The Morgan fingerprint density at radius 2 is 2.29 bits per heavy atom. The fourth-order valence-electron chi connectivity index (χ4n) is 1.56. The maximum absolute atomic E-state index is 11.6. The van der Waals surface area contributed by atoms with Crippen LogP contribution in [0.2, 0.25) is 5.15 Å². The second kappa shape index (κ2) is 4.19. The fraction of sp³-hybridized carbons (Fsp3) is 0.300. The summed E-state index contributed by atoms with van der Waals surface area (Å²) in [6.45, 7) is 0. The quantitative estimate of drug-likeness (QED) is 0.866. The van der Waals surface area contributed by atoms with Crippen molar-refractivity contribution in [1.82, 2.24) is 19.7 Å². The van der Waals surface area contributed by atoms with Crippen LogP contribution in [0.15, 0.2) is 33.2 Å². The van der Waals surface area contributed by atoms with Gasteiger partial charge in [-0.05, 0) is 36.7 Å². The van der Waals surface area contributed by atoms with Crippen molar-refractivity contribution in [3.05, 3.63) is 33.8 Å². The predicted octanol–water partition coefficient (Wildman–Crippen LogP) is 2.11. The lowest BCUT2D eigenvalue weighted by Gasteiger charge is -2.02. The molecule has 0 spiro atoms. The van der Waals surface area contributed by atoms with E-state index in [0.29, 0.717) is 16.4 Å². The Morgan fingerprint density at radius 3 is 3.00 bits per heavy atom. The summed E-state index contributed by atoms with van der Waals surface area (Å²) in [6.07, 6.45) is 2.08. The molecule has 1 saturated carbocycles. The lowest BCUT2D eigenvalue weighted by Crippen LogP contribution is -2.16. The number of hydrogen-bond donors (Lipinski definition) is 1. The van der Waals surface area contributed by atoms with E-state index >= 15 is 0 Å². The highest BCUT2D eigenvalue weighted by Gasteiger charge is 2.28. The van der Waals surface area contributed by atoms with Crippen LogP contribution in [-0.4, -0.2) is 19.7 Å². The highest BCUT2D eigenvalue weighted by atomic mass is 35.5. The number of nitrogens with zero attached hydrogens (tertiary/aromatic N) is 3. The molecule has 0 bridgehead atoms. The summed E-state index contributed by atoms with van der Waals surface area (Å²) < 4.78 is 1.69. The molecule has 0 amide bonds. The van der Waals surface area contributed by atoms with Gasteiger partial charge < -0.3 is 0 Å². The van der Waals surface area contributed by atoms with Gasteiger partial charge in [-0.25, -0.2) is 14.9 Å². The van der Waals surface area contributed by atoms with Gasteiger partial charge in [0, 0.05) is 6.04 Å². The first-order chi connectivity index (χ1) is 8.24. The molecule has 0 aromatic carbocycles. The minimum Gasteiger partial charge on any atom is -0.267 e. The molecule has 2 aromatic rings. The molecule has 5 nitrogen and oxygen atoms in total. The number of nitrogens with one attached hydrogen (secondary N) is 1. The molecule has 3 rings (SSSR count). The Kier molecular flexibility index (Phi) is 2.68. The standard InChI is InChI=1S/C10H9ClN4OS/c11-7-2-1-3-8(12-7)17-10-14-13-9(16)15(10)6-4-5-6/h1-3,6H,4-5H2,(H,13,16). The van der Waals surface area contributed by atoms with E-state index in [1.54, 1.807) is 10.6 Å². The van der Waals surface area contributed by atoms with E-state index in [2.05, 4.69) is 15.2 Å². The third kappa shape index (κ3) is 2.23. The average Bonchev–Trinajstić information content (AvgIpc) is 3.05. The van der Waals surface area contributed by atoms with Gasteiger partial charge in [-0.3, -0.25) is 4.57 Å². The second-order valence-electron chi connectivity index (χ2n) is 3.81. The molecule has 1 fully saturated rings. The van der Waals surface area contributed by atoms with Gasteiger partial charge in [0.15, 0.2) is 5.16 Å². The molecule has 0 atom stereocenters. The molecule has 2 heterocycles. The van der Waals surface area contributed by atoms with E-state index in [1.165, 1.54) is 11.8 Å². The van der Waals surface area contributed by atoms with Crippen molar-refractivity contribution < 1.29 is 0 Å². The van der Waals surface area contributed by atoms with E-state index in [-0.39, 0.29) is 5.69 Å². The van der Waals surface area contributed by atoms with E-state index in [0.717, 1.165) is 17.9 Å². The summed E-state index contributed by atoms with van der Waals surface area (Å²) in [7, 11) is 0. The van der Waals surface area contributed by atoms with Crippen molar-refractivity contribution in [1.29, 1.82) is 0 Å². The zero-order valence-electron chi connectivity index (χ0n) is 8.76. The molecule has 0 saturated heterocycles. The van der Waals surface area contributed by atoms with Gasteiger partial charge in [0.25, 0.3) is 0 Å². The van der Waals surface area contributed by atoms with Crippen molar-refractivity contribution >= 4 is 23.4 Å². The van der Waals surface area contributed by atoms with Crippen molar-refractivity contribution in [2.24, 2.45) is 0 Å². The Labute approximate surface area is 106 Å². The number of hydrogen-bond acceptors (Lipinski definition) is 4. The summed E-state index contributed by atoms with van der Waals surface area (Å²) in [5.41, 5.74) is -0.156. The topological polar surface area (TPSA) is 63.6 Å². The van der Waals surface area contributed by atoms with Crippen LogP contribution in [0.4, 0.5) is 0 Å². The molecule has 2 aromatic heterocycles. The smallest absolute Gasteiger partial charge is 0.267 e. The number of aromatic nitrogens is 4. The zero-order valence-corrected chi connectivity index (χ0v) is 10.3. The van der Waals surface area contributed by atoms with Crippen molar-refractivity contribution in [2.45, 2.75) is 29.1 Å². The molecule has 1 aliphatic carbocycles. The summed E-state index contributed by atoms with van der Waals surface area (Å²) >= 11 is 7.15. The molecular weight excluding hydrogens is 260 g/mol. The minimum atomic E-state index is -0.156. The summed E-state index contributed by atoms with van der Waals surface area (Å²) in [5, 5.41) is 8.29. The van der Waals surface area contributed by atoms with Crippen LogP contribution in [-0.2, 0) is 0 Å². The van der Waals surface area contributed by atoms with Crippen molar-refractivity contribution in [3.8, 4) is 0 Å². The van der Waals surface area contributed by atoms with Crippen molar-refractivity contribution in [2.75, 3.05) is 0 Å². The van der Waals surface area contributed by atoms with Gasteiger partial charge in [-0.1, -0.05) is 17.7 Å². The molecule has 17 heavy (non-hydrogen) atoms. The molecule has 88 valence electrons. The van der Waals surface area contributed by atoms with Crippen molar-refractivity contribution in [3.63, 3.8) is 0 Å². The fourth-order valence-corrected chi connectivity index (χ4v) is 2.67. The van der Waals surface area contributed by atoms with E-state index in [9.17, 15) is 4.79 Å². The molecule has 1 aliphatic rings. The average molecular weight is 269 g/mol. The van der Waals surface area contributed by atoms with Gasteiger partial charge >= 0.3 is 5.69 Å². The molecule has 0 aliphatic heterocycles. The van der Waals surface area contributed by atoms with Crippen LogP contribution >= 0.6 is 23.4 Å². The lowest BCUT2D eigenvalue weighted by molar-refractivity contribution is 0.642. The first-order valence-electron chi connectivity index (χ1n) is 5.21. The van der Waals surface area contributed by atoms with Crippen LogP contribution in [0.5, 0.6) is 0 Å². The van der Waals surface area contributed by atoms with E-state index < -0.39 is 0 Å². The normalized spacial score (nSPS) is 15.1. The number of rotatable bonds is 3. The lowest BCUT2D eigenvalue weighted by atomic mass is 10.5. The van der Waals surface area contributed by atoms with Crippen LogP contribution in [0.25, 0.3) is 0 Å². The number of pyridine rings is 1. The highest BCUT2D eigenvalue weighted by Crippen LogP contribution is 2.37. The molecule has 1 N–H and O–H groups in total. The molecule has 0 unspecified atom stereocenters. The van der Waals surface area contributed by atoms with Gasteiger partial charge in [-0.15, -0.1) is 5.10 Å². The highest BCUT2D eigenvalue weighted by molar-refractivity contribution is 7.99. The zero-order chi connectivity index (χ0) is 11.8. The van der Waals surface area contributed by atoms with Crippen LogP contribution in [0, 0.1) is 0 Å². The molecule has 7 heteroatoms. The van der Waals surface area contributed by atoms with Gasteiger partial charge in [0.05, 0.1) is 0 Å². The summed E-state index contributed by atoms with van der Waals surface area (Å²) in [5.74, 6) is 0. The predicted molar refractivity (Wildman–Crippen MR) is 64.5 cm³/mol. The Balaban J connectivity index is 1.92.